The number of carbonyl (C=O) groups excluding carboxylic acids is 12. The Labute approximate surface area is 539 Å². The Morgan fingerprint density at radius 3 is 1.46 bits per heavy atom. The minimum Gasteiger partial charge on any atom is -0.481 e. The maximum absolute atomic E-state index is 14.6. The van der Waals surface area contributed by atoms with E-state index in [0.29, 0.717) is 32.2 Å². The van der Waals surface area contributed by atoms with E-state index in [1.807, 2.05) is 5.32 Å². The standard InChI is InChI=1S/C57H94N14O18.C2H4O2/c1-28(2)26-37(51(82)68-44(29(3)4)54(85)64-34(14-9-10-22-58)49(80)63-35(18-20-41(59)72)50(81)67-38(57(88)89)27-43(75)76)66-52(83)39-16-13-25-71(39)56(87)45(30(5)6)69-53(84)40-17-12-24-70(40)55(86)36(19-21-42(73)74)65-47(78)32(8)61-46(77)31(7)62-48(79)33-15-11-23-60-33;1-2(3)4/h28-40,44-45,60H,9-27,58H2,1-8H3,(H2,59,72)(H,61,77)(H,62,79)(H,63,80)(H,64,85)(H,65,78)(H,66,83)(H,67,81)(H,68,82)(H,69,84)(H,73,74)(H,75,76)(H,88,89);1H3,(H,3,4)/t31-,32-,33-,34-,35-,36-,37-,38-,39-,40-,44-,45-;/m0./s1. The predicted molar refractivity (Wildman–Crippen MR) is 330 cm³/mol. The predicted octanol–water partition coefficient (Wildman–Crippen LogP) is -3.61. The Kier molecular flexibility index (Phi) is 34.4. The number of nitrogens with two attached hydrogens (primary N) is 2. The summed E-state index contributed by atoms with van der Waals surface area (Å²) in [6.45, 7) is 14.9. The van der Waals surface area contributed by atoms with Crippen molar-refractivity contribution in [2.24, 2.45) is 29.2 Å². The van der Waals surface area contributed by atoms with E-state index >= 15 is 0 Å². The van der Waals surface area contributed by atoms with E-state index in [2.05, 4.69) is 47.9 Å². The highest BCUT2D eigenvalue weighted by Gasteiger charge is 2.44. The van der Waals surface area contributed by atoms with Crippen LogP contribution >= 0.6 is 0 Å². The lowest BCUT2D eigenvalue weighted by atomic mass is 9.98. The molecule has 3 aliphatic heterocycles. The van der Waals surface area contributed by atoms with Crippen LogP contribution in [0.1, 0.15) is 159 Å². The molecule has 0 bridgehead atoms. The van der Waals surface area contributed by atoms with Crippen molar-refractivity contribution in [3.63, 3.8) is 0 Å². The number of nitrogens with one attached hydrogen (secondary N) is 10. The van der Waals surface area contributed by atoms with Gasteiger partial charge in [-0.3, -0.25) is 71.9 Å². The topological polar surface area (TPSA) is 533 Å². The van der Waals surface area contributed by atoms with Gasteiger partial charge in [0.05, 0.1) is 12.5 Å². The van der Waals surface area contributed by atoms with Crippen LogP contribution in [0.4, 0.5) is 0 Å². The average molecular weight is 1320 g/mol. The van der Waals surface area contributed by atoms with Gasteiger partial charge in [0.25, 0.3) is 5.97 Å². The van der Waals surface area contributed by atoms with Crippen molar-refractivity contribution in [1.82, 2.24) is 63.0 Å². The van der Waals surface area contributed by atoms with Gasteiger partial charge >= 0.3 is 17.9 Å². The molecule has 0 unspecified atom stereocenters. The van der Waals surface area contributed by atoms with Crippen molar-refractivity contribution in [2.45, 2.75) is 231 Å². The number of carboxylic acid groups (broad SMARTS) is 4. The Bertz CT molecular complexity index is 2670. The third kappa shape index (κ3) is 27.7. The van der Waals surface area contributed by atoms with Gasteiger partial charge in [0.2, 0.25) is 70.9 Å². The van der Waals surface area contributed by atoms with Crippen molar-refractivity contribution in [3.05, 3.63) is 0 Å². The zero-order valence-electron chi connectivity index (χ0n) is 54.5. The fraction of sp³-hybridized carbons (Fsp3) is 0.729. The van der Waals surface area contributed by atoms with Crippen LogP contribution in [0, 0.1) is 17.8 Å². The smallest absolute Gasteiger partial charge is 0.326 e. The van der Waals surface area contributed by atoms with Crippen LogP contribution in [0.2, 0.25) is 0 Å². The second-order valence-corrected chi connectivity index (χ2v) is 24.6. The molecule has 0 aromatic rings. The molecule has 0 saturated carbocycles. The number of nitrogens with zero attached hydrogens (tertiary/aromatic N) is 2. The number of aliphatic carboxylic acids is 4. The van der Waals surface area contributed by atoms with Crippen LogP contribution < -0.4 is 64.6 Å². The number of hydrogen-bond donors (Lipinski definition) is 16. The number of likely N-dealkylation sites (tertiary alicyclic amines) is 2. The largest absolute Gasteiger partial charge is 0.481 e. The molecule has 34 nitrogen and oxygen atoms in total. The van der Waals surface area contributed by atoms with E-state index < -0.39 is 199 Å². The normalized spacial score (nSPS) is 18.9. The summed E-state index contributed by atoms with van der Waals surface area (Å²) >= 11 is 0. The first-order chi connectivity index (χ1) is 43.5. The van der Waals surface area contributed by atoms with Crippen molar-refractivity contribution in [1.29, 1.82) is 0 Å². The molecular weight excluding hydrogens is 1220 g/mol. The fourth-order valence-electron chi connectivity index (χ4n) is 10.5. The molecule has 0 spiro atoms. The molecule has 3 aliphatic rings. The highest BCUT2D eigenvalue weighted by atomic mass is 16.4. The molecule has 93 heavy (non-hydrogen) atoms. The minimum atomic E-state index is -1.91. The summed E-state index contributed by atoms with van der Waals surface area (Å²) in [5.74, 6) is -16.2. The number of carboxylic acids is 4. The number of amides is 12. The van der Waals surface area contributed by atoms with Crippen LogP contribution in [0.3, 0.4) is 0 Å². The zero-order chi connectivity index (χ0) is 70.6. The molecule has 3 heterocycles. The molecule has 0 aromatic carbocycles. The quantitative estimate of drug-likeness (QED) is 0.0267. The van der Waals surface area contributed by atoms with Gasteiger partial charge in [-0.25, -0.2) is 4.79 Å². The highest BCUT2D eigenvalue weighted by molar-refractivity contribution is 6.00. The van der Waals surface area contributed by atoms with Gasteiger partial charge in [-0.15, -0.1) is 0 Å². The lowest BCUT2D eigenvalue weighted by Gasteiger charge is -2.33. The molecular formula is C59H98N14O20. The van der Waals surface area contributed by atoms with E-state index in [4.69, 9.17) is 21.4 Å². The SMILES string of the molecule is CC(=O)O.CC(C)C[C@H](NC(=O)[C@@H]1CCCN1C(=O)[C@@H](NC(=O)[C@@H]1CCCN1C(=O)[C@H](CCC(=O)O)NC(=O)[C@H](C)NC(=O)[C@H](C)NC(=O)[C@@H]1CCCN1)C(C)C)C(=O)N[C@H](C(=O)N[C@@H](CCCCN)C(=O)N[C@@H](CCC(N)=O)C(=O)N[C@@H](CC(=O)O)C(=O)O)C(C)C. The minimum absolute atomic E-state index is 0.0342. The summed E-state index contributed by atoms with van der Waals surface area (Å²) in [6.07, 6.45) is 0.180. The second kappa shape index (κ2) is 39.8. The average Bonchev–Trinajstić information content (AvgIpc) is 1.90. The number of primary amides is 1. The van der Waals surface area contributed by atoms with E-state index in [1.54, 1.807) is 41.5 Å². The molecule has 12 atom stereocenters. The molecule has 34 heteroatoms. The van der Waals surface area contributed by atoms with Crippen molar-refractivity contribution >= 4 is 94.8 Å². The lowest BCUT2D eigenvalue weighted by Crippen LogP contribution is -2.61. The van der Waals surface area contributed by atoms with Crippen LogP contribution in [0.5, 0.6) is 0 Å². The maximum Gasteiger partial charge on any atom is 0.326 e. The van der Waals surface area contributed by atoms with Gasteiger partial charge in [0.15, 0.2) is 0 Å². The van der Waals surface area contributed by atoms with Gasteiger partial charge in [-0.2, -0.15) is 0 Å². The first kappa shape index (κ1) is 80.5. The fourth-order valence-corrected chi connectivity index (χ4v) is 10.5. The van der Waals surface area contributed by atoms with Crippen LogP contribution in [0.15, 0.2) is 0 Å². The van der Waals surface area contributed by atoms with Crippen molar-refractivity contribution in [2.75, 3.05) is 26.2 Å². The summed E-state index contributed by atoms with van der Waals surface area (Å²) in [6, 6.07) is -15.3. The first-order valence-corrected chi connectivity index (χ1v) is 31.4. The van der Waals surface area contributed by atoms with Gasteiger partial charge in [-0.05, 0) is 122 Å². The third-order valence-electron chi connectivity index (χ3n) is 15.5. The van der Waals surface area contributed by atoms with Gasteiger partial charge in [-0.1, -0.05) is 41.5 Å². The Morgan fingerprint density at radius 1 is 0.484 bits per heavy atom. The van der Waals surface area contributed by atoms with E-state index in [0.717, 1.165) is 13.3 Å². The molecule has 524 valence electrons. The first-order valence-electron chi connectivity index (χ1n) is 31.4. The molecule has 18 N–H and O–H groups in total. The van der Waals surface area contributed by atoms with Crippen LogP contribution in [0.25, 0.3) is 0 Å². The summed E-state index contributed by atoms with van der Waals surface area (Å²) in [4.78, 5) is 210. The second-order valence-electron chi connectivity index (χ2n) is 24.6. The molecule has 3 rings (SSSR count). The van der Waals surface area contributed by atoms with E-state index in [1.165, 1.54) is 23.6 Å². The van der Waals surface area contributed by atoms with Gasteiger partial charge in [0.1, 0.15) is 66.5 Å². The Morgan fingerprint density at radius 2 is 0.968 bits per heavy atom. The summed E-state index contributed by atoms with van der Waals surface area (Å²) in [7, 11) is 0. The molecule has 12 amide bonds. The highest BCUT2D eigenvalue weighted by Crippen LogP contribution is 2.24. The van der Waals surface area contributed by atoms with Gasteiger partial charge in [0, 0.05) is 32.9 Å². The molecule has 0 radical (unpaired) electrons. The van der Waals surface area contributed by atoms with Crippen LogP contribution in [-0.4, -0.2) is 224 Å². The zero-order valence-corrected chi connectivity index (χ0v) is 54.5. The molecule has 0 aromatic heterocycles. The Balaban J connectivity index is 0.00000714. The summed E-state index contributed by atoms with van der Waals surface area (Å²) in [5, 5.41) is 61.5. The van der Waals surface area contributed by atoms with E-state index in [-0.39, 0.29) is 70.0 Å². The lowest BCUT2D eigenvalue weighted by molar-refractivity contribution is -0.147. The molecule has 3 saturated heterocycles. The molecule has 3 fully saturated rings. The monoisotopic (exact) mass is 1320 g/mol. The molecule has 0 aliphatic carbocycles. The number of unbranched alkanes of at least 4 members (excludes halogenated alkanes) is 1. The number of carbonyl (C=O) groups is 16. The van der Waals surface area contributed by atoms with Gasteiger partial charge < -0.3 is 94.9 Å². The number of hydrogen-bond acceptors (Lipinski definition) is 18. The number of rotatable bonds is 37. The maximum atomic E-state index is 14.6. The van der Waals surface area contributed by atoms with E-state index in [9.17, 15) is 87.2 Å². The third-order valence-corrected chi connectivity index (χ3v) is 15.5. The van der Waals surface area contributed by atoms with Crippen LogP contribution in [-0.2, 0) is 76.7 Å². The van der Waals surface area contributed by atoms with Crippen molar-refractivity contribution < 1.29 is 97.1 Å². The summed E-state index contributed by atoms with van der Waals surface area (Å²) in [5.41, 5.74) is 11.0. The Hall–Kier alpha value is -8.56. The summed E-state index contributed by atoms with van der Waals surface area (Å²) < 4.78 is 0. The van der Waals surface area contributed by atoms with Crippen molar-refractivity contribution in [3.8, 4) is 0 Å².